The number of nitrogens with one attached hydrogen (secondary N) is 1. The largest absolute Gasteiger partial charge is 0.497 e. The summed E-state index contributed by atoms with van der Waals surface area (Å²) < 4.78 is 5.31. The quantitative estimate of drug-likeness (QED) is 0.740. The maximum absolute atomic E-state index is 12.2. The number of benzene rings is 1. The predicted octanol–water partition coefficient (Wildman–Crippen LogP) is 3.22. The van der Waals surface area contributed by atoms with Crippen LogP contribution in [0.25, 0.3) is 11.4 Å². The molecule has 0 unspecified atom stereocenters. The van der Waals surface area contributed by atoms with Gasteiger partial charge in [0, 0.05) is 36.5 Å². The molecule has 28 heavy (non-hydrogen) atoms. The van der Waals surface area contributed by atoms with Crippen molar-refractivity contribution >= 4 is 0 Å². The Labute approximate surface area is 164 Å². The normalized spacial score (nSPS) is 15.5. The zero-order valence-corrected chi connectivity index (χ0v) is 16.0. The number of likely N-dealkylation sites (tertiary alicyclic amines) is 1. The minimum absolute atomic E-state index is 0.101. The second-order valence-corrected chi connectivity index (χ2v) is 7.16. The van der Waals surface area contributed by atoms with Crippen molar-refractivity contribution in [1.29, 1.82) is 0 Å². The number of piperidine rings is 1. The Balaban J connectivity index is 1.44. The molecule has 1 aliphatic heterocycles. The van der Waals surface area contributed by atoms with Gasteiger partial charge in [0.05, 0.1) is 12.8 Å². The molecule has 0 radical (unpaired) electrons. The number of ether oxygens (including phenoxy) is 1. The number of aromatic nitrogens is 3. The Morgan fingerprint density at radius 1 is 1.14 bits per heavy atom. The van der Waals surface area contributed by atoms with Crippen LogP contribution in [0.4, 0.5) is 0 Å². The van der Waals surface area contributed by atoms with Crippen LogP contribution in [0, 0.1) is 0 Å². The molecule has 0 spiro atoms. The second kappa shape index (κ2) is 8.35. The lowest BCUT2D eigenvalue weighted by Crippen LogP contribution is -2.33. The molecule has 0 bridgehead atoms. The summed E-state index contributed by atoms with van der Waals surface area (Å²) in [7, 11) is 1.69. The molecule has 2 aromatic heterocycles. The molecule has 6 nitrogen and oxygen atoms in total. The fraction of sp³-hybridized carbons (Fsp3) is 0.318. The number of nitrogens with zero attached hydrogens (tertiary/aromatic N) is 3. The van der Waals surface area contributed by atoms with Crippen LogP contribution >= 0.6 is 0 Å². The highest BCUT2D eigenvalue weighted by Gasteiger charge is 2.22. The third-order valence-corrected chi connectivity index (χ3v) is 5.26. The zero-order chi connectivity index (χ0) is 19.3. The second-order valence-electron chi connectivity index (χ2n) is 7.16. The number of hydrogen-bond donors (Lipinski definition) is 1. The number of H-pyrrole nitrogens is 1. The monoisotopic (exact) mass is 376 g/mol. The van der Waals surface area contributed by atoms with Gasteiger partial charge in [-0.05, 0) is 55.8 Å². The number of rotatable bonds is 5. The molecule has 0 atom stereocenters. The third kappa shape index (κ3) is 4.28. The summed E-state index contributed by atoms with van der Waals surface area (Å²) in [6.07, 6.45) is 5.41. The highest BCUT2D eigenvalue weighted by atomic mass is 16.5. The number of pyridine rings is 1. The highest BCUT2D eigenvalue weighted by molar-refractivity contribution is 5.53. The first-order valence-electron chi connectivity index (χ1n) is 9.58. The molecular weight excluding hydrogens is 352 g/mol. The molecule has 144 valence electrons. The van der Waals surface area contributed by atoms with Gasteiger partial charge in [-0.1, -0.05) is 12.1 Å². The van der Waals surface area contributed by atoms with E-state index in [4.69, 9.17) is 9.72 Å². The van der Waals surface area contributed by atoms with Gasteiger partial charge in [-0.3, -0.25) is 14.7 Å². The van der Waals surface area contributed by atoms with Crippen LogP contribution in [0.3, 0.4) is 0 Å². The first-order valence-corrected chi connectivity index (χ1v) is 9.58. The van der Waals surface area contributed by atoms with Crippen molar-refractivity contribution in [1.82, 2.24) is 19.9 Å². The number of aromatic amines is 1. The van der Waals surface area contributed by atoms with Crippen molar-refractivity contribution in [3.05, 3.63) is 76.5 Å². The minimum Gasteiger partial charge on any atom is -0.497 e. The van der Waals surface area contributed by atoms with E-state index in [1.165, 1.54) is 5.56 Å². The van der Waals surface area contributed by atoms with Gasteiger partial charge in [-0.15, -0.1) is 0 Å². The van der Waals surface area contributed by atoms with Crippen molar-refractivity contribution in [3.8, 4) is 17.1 Å². The van der Waals surface area contributed by atoms with E-state index in [1.807, 2.05) is 24.3 Å². The van der Waals surface area contributed by atoms with Crippen molar-refractivity contribution in [2.75, 3.05) is 20.2 Å². The third-order valence-electron chi connectivity index (χ3n) is 5.26. The van der Waals surface area contributed by atoms with Crippen LogP contribution in [-0.4, -0.2) is 40.1 Å². The van der Waals surface area contributed by atoms with E-state index in [2.05, 4.69) is 27.0 Å². The van der Waals surface area contributed by atoms with E-state index in [0.29, 0.717) is 11.7 Å². The molecule has 0 saturated carbocycles. The Morgan fingerprint density at radius 2 is 1.93 bits per heavy atom. The summed E-state index contributed by atoms with van der Waals surface area (Å²) >= 11 is 0. The molecule has 0 amide bonds. The van der Waals surface area contributed by atoms with Gasteiger partial charge in [0.2, 0.25) is 0 Å². The standard InChI is InChI=1S/C22H24N4O2/c1-28-19-4-2-3-16(13-19)15-26-11-7-17(8-12-26)20-14-21(27)25-22(24-20)18-5-9-23-10-6-18/h2-6,9-10,13-14,17H,7-8,11-12,15H2,1H3,(H,24,25,27). The smallest absolute Gasteiger partial charge is 0.251 e. The molecule has 6 heteroatoms. The van der Waals surface area contributed by atoms with Gasteiger partial charge in [-0.25, -0.2) is 4.98 Å². The molecule has 1 saturated heterocycles. The van der Waals surface area contributed by atoms with Crippen LogP contribution in [0.2, 0.25) is 0 Å². The van der Waals surface area contributed by atoms with Crippen LogP contribution < -0.4 is 10.3 Å². The van der Waals surface area contributed by atoms with Crippen molar-refractivity contribution < 1.29 is 4.74 Å². The highest BCUT2D eigenvalue weighted by Crippen LogP contribution is 2.28. The van der Waals surface area contributed by atoms with E-state index in [0.717, 1.165) is 49.5 Å². The first kappa shape index (κ1) is 18.4. The van der Waals surface area contributed by atoms with E-state index >= 15 is 0 Å². The fourth-order valence-corrected chi connectivity index (χ4v) is 3.75. The van der Waals surface area contributed by atoms with Gasteiger partial charge < -0.3 is 9.72 Å². The minimum atomic E-state index is -0.101. The SMILES string of the molecule is COc1cccc(CN2CCC(c3cc(=O)[nH]c(-c4ccncc4)n3)CC2)c1. The van der Waals surface area contributed by atoms with Crippen LogP contribution in [0.15, 0.2) is 59.7 Å². The molecule has 1 aromatic carbocycles. The fourth-order valence-electron chi connectivity index (χ4n) is 3.75. The van der Waals surface area contributed by atoms with E-state index in [9.17, 15) is 4.79 Å². The predicted molar refractivity (Wildman–Crippen MR) is 108 cm³/mol. The van der Waals surface area contributed by atoms with Crippen molar-refractivity contribution in [2.45, 2.75) is 25.3 Å². The number of hydrogen-bond acceptors (Lipinski definition) is 5. The molecule has 0 aliphatic carbocycles. The van der Waals surface area contributed by atoms with Crippen molar-refractivity contribution in [3.63, 3.8) is 0 Å². The van der Waals surface area contributed by atoms with E-state index in [1.54, 1.807) is 25.6 Å². The molecule has 3 aromatic rings. The summed E-state index contributed by atoms with van der Waals surface area (Å²) in [6.45, 7) is 2.89. The van der Waals surface area contributed by atoms with Gasteiger partial charge in [0.15, 0.2) is 0 Å². The molecule has 3 heterocycles. The molecule has 1 fully saturated rings. The molecule has 1 N–H and O–H groups in total. The summed E-state index contributed by atoms with van der Waals surface area (Å²) in [4.78, 5) is 26.2. The summed E-state index contributed by atoms with van der Waals surface area (Å²) in [6, 6.07) is 13.6. The summed E-state index contributed by atoms with van der Waals surface area (Å²) in [5.41, 5.74) is 2.92. The Kier molecular flexibility index (Phi) is 5.48. The van der Waals surface area contributed by atoms with Crippen LogP contribution in [0.1, 0.15) is 30.0 Å². The zero-order valence-electron chi connectivity index (χ0n) is 16.0. The lowest BCUT2D eigenvalue weighted by Gasteiger charge is -2.31. The van der Waals surface area contributed by atoms with E-state index in [-0.39, 0.29) is 5.56 Å². The first-order chi connectivity index (χ1) is 13.7. The maximum atomic E-state index is 12.2. The van der Waals surface area contributed by atoms with Gasteiger partial charge >= 0.3 is 0 Å². The van der Waals surface area contributed by atoms with Crippen LogP contribution in [-0.2, 0) is 6.54 Å². The molecule has 1 aliphatic rings. The summed E-state index contributed by atoms with van der Waals surface area (Å²) in [5.74, 6) is 1.82. The van der Waals surface area contributed by atoms with Gasteiger partial charge in [0.25, 0.3) is 5.56 Å². The van der Waals surface area contributed by atoms with Gasteiger partial charge in [-0.2, -0.15) is 0 Å². The maximum Gasteiger partial charge on any atom is 0.251 e. The lowest BCUT2D eigenvalue weighted by molar-refractivity contribution is 0.203. The van der Waals surface area contributed by atoms with Gasteiger partial charge in [0.1, 0.15) is 11.6 Å². The number of methoxy groups -OCH3 is 1. The van der Waals surface area contributed by atoms with Crippen molar-refractivity contribution in [2.24, 2.45) is 0 Å². The lowest BCUT2D eigenvalue weighted by atomic mass is 9.93. The average molecular weight is 376 g/mol. The molecular formula is C22H24N4O2. The van der Waals surface area contributed by atoms with Crippen LogP contribution in [0.5, 0.6) is 5.75 Å². The summed E-state index contributed by atoms with van der Waals surface area (Å²) in [5, 5.41) is 0. The van der Waals surface area contributed by atoms with E-state index < -0.39 is 0 Å². The Bertz CT molecular complexity index is 979. The molecule has 4 rings (SSSR count). The Morgan fingerprint density at radius 3 is 2.68 bits per heavy atom. The Hall–Kier alpha value is -2.99. The topological polar surface area (TPSA) is 71.1 Å². The average Bonchev–Trinajstić information content (AvgIpc) is 2.74.